The van der Waals surface area contributed by atoms with Crippen molar-refractivity contribution in [3.05, 3.63) is 106 Å². The van der Waals surface area contributed by atoms with Crippen LogP contribution < -0.4 is 0 Å². The summed E-state index contributed by atoms with van der Waals surface area (Å²) in [5.41, 5.74) is 3.90. The molecule has 1 saturated heterocycles. The van der Waals surface area contributed by atoms with E-state index in [9.17, 15) is 10.4 Å². The average molecular weight is 469 g/mol. The molecule has 0 aromatic heterocycles. The van der Waals surface area contributed by atoms with Crippen molar-refractivity contribution >= 4 is 23.8 Å². The van der Waals surface area contributed by atoms with Crippen LogP contribution in [0.1, 0.15) is 53.5 Å². The van der Waals surface area contributed by atoms with Crippen LogP contribution in [0, 0.1) is 11.3 Å². The Morgan fingerprint density at radius 2 is 1.41 bits per heavy atom. The molecule has 0 atom stereocenters. The van der Waals surface area contributed by atoms with E-state index in [1.165, 1.54) is 0 Å². The molecule has 0 amide bonds. The number of aliphatic hydroxyl groups is 1. The molecule has 5 rings (SSSR count). The van der Waals surface area contributed by atoms with Gasteiger partial charge in [-0.1, -0.05) is 84.4 Å². The third kappa shape index (κ3) is 4.18. The van der Waals surface area contributed by atoms with Gasteiger partial charge in [-0.3, -0.25) is 0 Å². The van der Waals surface area contributed by atoms with Gasteiger partial charge in [-0.2, -0.15) is 5.26 Å². The Labute approximate surface area is 206 Å². The van der Waals surface area contributed by atoms with Gasteiger partial charge in [0.1, 0.15) is 5.41 Å². The Bertz CT molecular complexity index is 1180. The van der Waals surface area contributed by atoms with E-state index in [2.05, 4.69) is 47.4 Å². The number of piperidine rings is 1. The predicted molar refractivity (Wildman–Crippen MR) is 138 cm³/mol. The number of halogens is 1. The largest absolute Gasteiger partial charge is 0.385 e. The summed E-state index contributed by atoms with van der Waals surface area (Å²) in [7, 11) is 0. The molecule has 3 aromatic rings. The minimum Gasteiger partial charge on any atom is -0.385 e. The molecule has 34 heavy (non-hydrogen) atoms. The Hall–Kier alpha value is -2.90. The SMILES string of the molecule is N#CC1(CCCN2CCC(O)(c3ccc(Cl)cc3)CC2)c2ccccc2C=Cc2ccccc21. The first-order valence-corrected chi connectivity index (χ1v) is 12.4. The lowest BCUT2D eigenvalue weighted by Gasteiger charge is -2.39. The molecule has 3 aromatic carbocycles. The molecule has 1 N–H and O–H groups in total. The summed E-state index contributed by atoms with van der Waals surface area (Å²) in [5, 5.41) is 22.5. The van der Waals surface area contributed by atoms with Crippen LogP contribution >= 0.6 is 11.6 Å². The van der Waals surface area contributed by atoms with E-state index in [4.69, 9.17) is 11.6 Å². The van der Waals surface area contributed by atoms with E-state index >= 15 is 0 Å². The topological polar surface area (TPSA) is 47.3 Å². The van der Waals surface area contributed by atoms with Crippen molar-refractivity contribution in [3.63, 3.8) is 0 Å². The lowest BCUT2D eigenvalue weighted by Crippen LogP contribution is -2.43. The van der Waals surface area contributed by atoms with E-state index in [-0.39, 0.29) is 0 Å². The molecule has 3 nitrogen and oxygen atoms in total. The number of nitrogens with zero attached hydrogens (tertiary/aromatic N) is 2. The standard InChI is InChI=1S/C30H29ClN2O/c31-26-14-12-25(13-15-26)30(34)17-20-33(21-18-30)19-5-16-29(22-32)27-8-3-1-6-23(27)10-11-24-7-2-4-9-28(24)29/h1-4,6-15,34H,5,16-21H2. The van der Waals surface area contributed by atoms with Crippen molar-refractivity contribution in [1.29, 1.82) is 5.26 Å². The van der Waals surface area contributed by atoms with Crippen LogP contribution in [-0.2, 0) is 11.0 Å². The molecule has 1 heterocycles. The number of likely N-dealkylation sites (tertiary alicyclic amines) is 1. The number of hydrogen-bond donors (Lipinski definition) is 1. The maximum absolute atomic E-state index is 11.2. The number of nitriles is 1. The summed E-state index contributed by atoms with van der Waals surface area (Å²) in [6.07, 6.45) is 7.35. The molecule has 1 aliphatic carbocycles. The average Bonchev–Trinajstić information content (AvgIpc) is 3.01. The highest BCUT2D eigenvalue weighted by atomic mass is 35.5. The lowest BCUT2D eigenvalue weighted by atomic mass is 9.70. The van der Waals surface area contributed by atoms with Crippen LogP contribution in [0.5, 0.6) is 0 Å². The molecule has 2 aliphatic rings. The van der Waals surface area contributed by atoms with Crippen LogP contribution in [-0.4, -0.2) is 29.6 Å². The smallest absolute Gasteiger partial charge is 0.108 e. The summed E-state index contributed by atoms with van der Waals surface area (Å²) in [5.74, 6) is 0. The molecule has 1 fully saturated rings. The molecule has 0 saturated carbocycles. The Balaban J connectivity index is 1.30. The molecular weight excluding hydrogens is 440 g/mol. The highest BCUT2D eigenvalue weighted by Crippen LogP contribution is 2.43. The van der Waals surface area contributed by atoms with Crippen LogP contribution in [0.15, 0.2) is 72.8 Å². The van der Waals surface area contributed by atoms with Gasteiger partial charge in [0.2, 0.25) is 0 Å². The quantitative estimate of drug-likeness (QED) is 0.471. The molecule has 0 radical (unpaired) electrons. The first kappa shape index (κ1) is 22.9. The third-order valence-electron chi connectivity index (χ3n) is 7.57. The Morgan fingerprint density at radius 1 is 0.853 bits per heavy atom. The van der Waals surface area contributed by atoms with Crippen LogP contribution in [0.2, 0.25) is 5.02 Å². The van der Waals surface area contributed by atoms with Crippen molar-refractivity contribution < 1.29 is 5.11 Å². The monoisotopic (exact) mass is 468 g/mol. The predicted octanol–water partition coefficient (Wildman–Crippen LogP) is 6.40. The number of rotatable bonds is 5. The highest BCUT2D eigenvalue weighted by molar-refractivity contribution is 6.30. The van der Waals surface area contributed by atoms with Crippen LogP contribution in [0.25, 0.3) is 12.2 Å². The number of hydrogen-bond acceptors (Lipinski definition) is 3. The van der Waals surface area contributed by atoms with Gasteiger partial charge in [-0.15, -0.1) is 0 Å². The minimum atomic E-state index is -0.792. The fourth-order valence-electron chi connectivity index (χ4n) is 5.60. The van der Waals surface area contributed by atoms with Gasteiger partial charge < -0.3 is 10.0 Å². The zero-order valence-corrected chi connectivity index (χ0v) is 20.0. The maximum Gasteiger partial charge on any atom is 0.108 e. The first-order valence-electron chi connectivity index (χ1n) is 12.0. The Morgan fingerprint density at radius 3 is 1.97 bits per heavy atom. The van der Waals surface area contributed by atoms with E-state index < -0.39 is 11.0 Å². The fourth-order valence-corrected chi connectivity index (χ4v) is 5.72. The van der Waals surface area contributed by atoms with E-state index in [1.807, 2.05) is 48.5 Å². The zero-order chi connectivity index (χ0) is 23.6. The van der Waals surface area contributed by atoms with Crippen molar-refractivity contribution in [2.45, 2.75) is 36.7 Å². The summed E-state index contributed by atoms with van der Waals surface area (Å²) in [6, 6.07) is 26.9. The van der Waals surface area contributed by atoms with Crippen LogP contribution in [0.3, 0.4) is 0 Å². The summed E-state index contributed by atoms with van der Waals surface area (Å²) >= 11 is 6.02. The first-order chi connectivity index (χ1) is 16.5. The second-order valence-electron chi connectivity index (χ2n) is 9.51. The van der Waals surface area contributed by atoms with Gasteiger partial charge in [0, 0.05) is 18.1 Å². The fraction of sp³-hybridized carbons (Fsp3) is 0.300. The second-order valence-corrected chi connectivity index (χ2v) is 9.95. The van der Waals surface area contributed by atoms with E-state index in [1.54, 1.807) is 0 Å². The minimum absolute atomic E-state index is 0.670. The summed E-state index contributed by atoms with van der Waals surface area (Å²) in [6.45, 7) is 2.60. The number of fused-ring (bicyclic) bond motifs is 2. The van der Waals surface area contributed by atoms with Gasteiger partial charge in [0.25, 0.3) is 0 Å². The van der Waals surface area contributed by atoms with Crippen molar-refractivity contribution in [3.8, 4) is 6.07 Å². The van der Waals surface area contributed by atoms with Gasteiger partial charge in [-0.25, -0.2) is 0 Å². The molecule has 0 bridgehead atoms. The Kier molecular flexibility index (Phi) is 6.32. The van der Waals surface area contributed by atoms with Crippen LogP contribution in [0.4, 0.5) is 0 Å². The van der Waals surface area contributed by atoms with Crippen molar-refractivity contribution in [2.75, 3.05) is 19.6 Å². The second kappa shape index (κ2) is 9.39. The summed E-state index contributed by atoms with van der Waals surface area (Å²) < 4.78 is 0. The normalized spacial score (nSPS) is 18.4. The molecular formula is C30H29ClN2O. The number of benzene rings is 3. The van der Waals surface area contributed by atoms with Gasteiger partial charge >= 0.3 is 0 Å². The lowest BCUT2D eigenvalue weighted by molar-refractivity contribution is -0.0262. The molecule has 1 aliphatic heterocycles. The van der Waals surface area contributed by atoms with Crippen molar-refractivity contribution in [2.24, 2.45) is 0 Å². The molecule has 4 heteroatoms. The van der Waals surface area contributed by atoms with Gasteiger partial charge in [0.15, 0.2) is 0 Å². The molecule has 0 spiro atoms. The third-order valence-corrected chi connectivity index (χ3v) is 7.82. The molecule has 172 valence electrons. The highest BCUT2D eigenvalue weighted by Gasteiger charge is 2.39. The van der Waals surface area contributed by atoms with Crippen molar-refractivity contribution in [1.82, 2.24) is 4.90 Å². The van der Waals surface area contributed by atoms with E-state index in [0.717, 1.165) is 60.3 Å². The van der Waals surface area contributed by atoms with Gasteiger partial charge in [-0.05, 0) is 72.2 Å². The molecule has 0 unspecified atom stereocenters. The van der Waals surface area contributed by atoms with Gasteiger partial charge in [0.05, 0.1) is 11.7 Å². The summed E-state index contributed by atoms with van der Waals surface area (Å²) in [4.78, 5) is 2.42. The van der Waals surface area contributed by atoms with E-state index in [0.29, 0.717) is 17.9 Å². The zero-order valence-electron chi connectivity index (χ0n) is 19.3. The maximum atomic E-state index is 11.2.